The molecule has 26 heavy (non-hydrogen) atoms. The van der Waals surface area contributed by atoms with Crippen LogP contribution in [0.15, 0.2) is 24.5 Å². The van der Waals surface area contributed by atoms with Crippen LogP contribution in [0.1, 0.15) is 44.1 Å². The molecule has 0 bridgehead atoms. The molecule has 2 heterocycles. The Balaban J connectivity index is 1.48. The zero-order chi connectivity index (χ0) is 18.7. The second-order valence-corrected chi connectivity index (χ2v) is 8.25. The molecule has 1 fully saturated rings. The Morgan fingerprint density at radius 2 is 2.04 bits per heavy atom. The molecule has 1 aromatic heterocycles. The minimum atomic E-state index is -3.30. The Kier molecular flexibility index (Phi) is 8.79. The molecule has 1 aliphatic rings. The summed E-state index contributed by atoms with van der Waals surface area (Å²) in [7, 11) is -3.30. The van der Waals surface area contributed by atoms with Crippen molar-refractivity contribution < 1.29 is 18.0 Å². The maximum atomic E-state index is 12.1. The summed E-state index contributed by atoms with van der Waals surface area (Å²) < 4.78 is 25.3. The number of hydrogen-bond acceptors (Lipinski definition) is 5. The van der Waals surface area contributed by atoms with Gasteiger partial charge in [-0.2, -0.15) is 0 Å². The lowest BCUT2D eigenvalue weighted by Crippen LogP contribution is -2.37. The van der Waals surface area contributed by atoms with E-state index in [1.165, 1.54) is 0 Å². The van der Waals surface area contributed by atoms with E-state index >= 15 is 0 Å². The van der Waals surface area contributed by atoms with Crippen LogP contribution in [0.3, 0.4) is 0 Å². The van der Waals surface area contributed by atoms with Gasteiger partial charge < -0.3 is 10.6 Å². The molecule has 9 heteroatoms. The second-order valence-electron chi connectivity index (χ2n) is 6.27. The summed E-state index contributed by atoms with van der Waals surface area (Å²) in [4.78, 5) is 20.9. The van der Waals surface area contributed by atoms with Crippen molar-refractivity contribution in [1.29, 1.82) is 0 Å². The summed E-state index contributed by atoms with van der Waals surface area (Å²) in [5, 5.41) is 5.56. The predicted molar refractivity (Wildman–Crippen MR) is 98.6 cm³/mol. The molecule has 2 amide bonds. The first-order chi connectivity index (χ1) is 12.6. The summed E-state index contributed by atoms with van der Waals surface area (Å²) in [6, 6.07) is 3.52. The molecule has 0 spiro atoms. The van der Waals surface area contributed by atoms with E-state index in [-0.39, 0.29) is 11.8 Å². The number of pyridine rings is 1. The van der Waals surface area contributed by atoms with E-state index in [0.717, 1.165) is 42.1 Å². The number of rotatable bonds is 10. The Bertz CT molecular complexity index is 633. The van der Waals surface area contributed by atoms with Gasteiger partial charge in [-0.25, -0.2) is 13.2 Å². The largest absolute Gasteiger partial charge is 0.338 e. The first-order valence-electron chi connectivity index (χ1n) is 9.12. The van der Waals surface area contributed by atoms with Crippen LogP contribution >= 0.6 is 0 Å². The molecule has 0 aliphatic carbocycles. The van der Waals surface area contributed by atoms with Crippen LogP contribution in [0, 0.1) is 0 Å². The van der Waals surface area contributed by atoms with E-state index in [0.29, 0.717) is 32.7 Å². The van der Waals surface area contributed by atoms with E-state index in [4.69, 9.17) is 4.84 Å². The number of nitrogens with one attached hydrogen (secondary N) is 2. The average molecular weight is 385 g/mol. The maximum absolute atomic E-state index is 12.1. The molecular formula is C17H28N4O4S. The van der Waals surface area contributed by atoms with E-state index in [1.54, 1.807) is 12.4 Å². The summed E-state index contributed by atoms with van der Waals surface area (Å²) >= 11 is 0. The quantitative estimate of drug-likeness (QED) is 0.599. The lowest BCUT2D eigenvalue weighted by molar-refractivity contribution is -0.108. The summed E-state index contributed by atoms with van der Waals surface area (Å²) in [5.74, 6) is 0.117. The topological polar surface area (TPSA) is 101 Å². The molecule has 2 rings (SSSR count). The molecule has 0 aromatic carbocycles. The maximum Gasteiger partial charge on any atom is 0.315 e. The fourth-order valence-corrected chi connectivity index (χ4v) is 4.02. The van der Waals surface area contributed by atoms with Crippen LogP contribution in [0.4, 0.5) is 4.79 Å². The number of hydroxylamine groups is 1. The fourth-order valence-electron chi connectivity index (χ4n) is 2.61. The molecule has 146 valence electrons. The highest BCUT2D eigenvalue weighted by molar-refractivity contribution is 7.88. The summed E-state index contributed by atoms with van der Waals surface area (Å²) in [6.45, 7) is 1.95. The number of carbonyl (C=O) groups is 1. The molecule has 0 saturated carbocycles. The van der Waals surface area contributed by atoms with Gasteiger partial charge in [-0.05, 0) is 37.3 Å². The van der Waals surface area contributed by atoms with E-state index < -0.39 is 10.0 Å². The van der Waals surface area contributed by atoms with Crippen LogP contribution in [-0.2, 0) is 21.4 Å². The number of hydrogen-bond donors (Lipinski definition) is 2. The smallest absolute Gasteiger partial charge is 0.315 e. The van der Waals surface area contributed by atoms with Gasteiger partial charge in [-0.1, -0.05) is 23.4 Å². The third-order valence-corrected chi connectivity index (χ3v) is 5.78. The summed E-state index contributed by atoms with van der Waals surface area (Å²) in [5.41, 5.74) is 0.946. The van der Waals surface area contributed by atoms with Gasteiger partial charge in [0.15, 0.2) is 0 Å². The number of unbranched alkanes of at least 4 members (excludes halogenated alkanes) is 3. The van der Waals surface area contributed by atoms with Crippen molar-refractivity contribution in [2.75, 3.05) is 25.4 Å². The Labute approximate surface area is 155 Å². The SMILES string of the molecule is O=C(NCCCCCCS(=O)(=O)N1CCCCO1)NCc1cccnc1. The van der Waals surface area contributed by atoms with Gasteiger partial charge in [0.2, 0.25) is 10.0 Å². The Morgan fingerprint density at radius 1 is 1.19 bits per heavy atom. The van der Waals surface area contributed by atoms with Crippen molar-refractivity contribution in [3.8, 4) is 0 Å². The lowest BCUT2D eigenvalue weighted by Gasteiger charge is -2.25. The number of nitrogens with zero attached hydrogens (tertiary/aromatic N) is 2. The first-order valence-corrected chi connectivity index (χ1v) is 10.7. The highest BCUT2D eigenvalue weighted by atomic mass is 32.2. The van der Waals surface area contributed by atoms with E-state index in [9.17, 15) is 13.2 Å². The van der Waals surface area contributed by atoms with Crippen LogP contribution in [0.2, 0.25) is 0 Å². The third kappa shape index (κ3) is 7.67. The Morgan fingerprint density at radius 3 is 2.77 bits per heavy atom. The highest BCUT2D eigenvalue weighted by Crippen LogP contribution is 2.13. The van der Waals surface area contributed by atoms with Crippen molar-refractivity contribution >= 4 is 16.1 Å². The number of amides is 2. The molecule has 8 nitrogen and oxygen atoms in total. The van der Waals surface area contributed by atoms with Gasteiger partial charge in [0.25, 0.3) is 0 Å². The van der Waals surface area contributed by atoms with Gasteiger partial charge >= 0.3 is 6.03 Å². The standard InChI is InChI=1S/C17H28N4O4S/c22-17(20-15-16-8-7-9-18-14-16)19-10-3-1-2-6-13-26(23,24)21-11-4-5-12-25-21/h7-9,14H,1-6,10-13,15H2,(H2,19,20,22). The van der Waals surface area contributed by atoms with Crippen molar-refractivity contribution in [3.05, 3.63) is 30.1 Å². The lowest BCUT2D eigenvalue weighted by atomic mass is 10.2. The number of carbonyl (C=O) groups excluding carboxylic acids is 1. The first kappa shape index (κ1) is 20.6. The van der Waals surface area contributed by atoms with Crippen LogP contribution in [0.5, 0.6) is 0 Å². The van der Waals surface area contributed by atoms with Gasteiger partial charge in [-0.3, -0.25) is 9.82 Å². The van der Waals surface area contributed by atoms with E-state index in [2.05, 4.69) is 15.6 Å². The molecule has 1 aromatic rings. The van der Waals surface area contributed by atoms with Crippen molar-refractivity contribution in [2.45, 2.75) is 45.1 Å². The van der Waals surface area contributed by atoms with Crippen LogP contribution in [-0.4, -0.2) is 49.4 Å². The van der Waals surface area contributed by atoms with Crippen molar-refractivity contribution in [3.63, 3.8) is 0 Å². The zero-order valence-corrected chi connectivity index (χ0v) is 15.8. The number of sulfonamides is 1. The molecule has 0 atom stereocenters. The molecule has 0 radical (unpaired) electrons. The normalized spacial score (nSPS) is 15.5. The molecular weight excluding hydrogens is 356 g/mol. The minimum Gasteiger partial charge on any atom is -0.338 e. The van der Waals surface area contributed by atoms with Gasteiger partial charge in [0.05, 0.1) is 12.4 Å². The molecule has 1 aliphatic heterocycles. The molecule has 0 unspecified atom stereocenters. The number of aromatic nitrogens is 1. The van der Waals surface area contributed by atoms with E-state index in [1.807, 2.05) is 12.1 Å². The van der Waals surface area contributed by atoms with Gasteiger partial charge in [-0.15, -0.1) is 0 Å². The van der Waals surface area contributed by atoms with Gasteiger partial charge in [0, 0.05) is 32.0 Å². The fraction of sp³-hybridized carbons (Fsp3) is 0.647. The summed E-state index contributed by atoms with van der Waals surface area (Å²) in [6.07, 6.45) is 8.28. The van der Waals surface area contributed by atoms with Gasteiger partial charge in [0.1, 0.15) is 0 Å². The minimum absolute atomic E-state index is 0.117. The third-order valence-electron chi connectivity index (χ3n) is 4.07. The highest BCUT2D eigenvalue weighted by Gasteiger charge is 2.24. The monoisotopic (exact) mass is 384 g/mol. The Hall–Kier alpha value is -1.71. The zero-order valence-electron chi connectivity index (χ0n) is 15.0. The molecule has 1 saturated heterocycles. The predicted octanol–water partition coefficient (Wildman–Crippen LogP) is 1.80. The van der Waals surface area contributed by atoms with Crippen molar-refractivity contribution in [1.82, 2.24) is 20.1 Å². The van der Waals surface area contributed by atoms with Crippen molar-refractivity contribution in [2.24, 2.45) is 0 Å². The number of urea groups is 1. The second kappa shape index (κ2) is 11.1. The van der Waals surface area contributed by atoms with Crippen LogP contribution < -0.4 is 10.6 Å². The molecule has 2 N–H and O–H groups in total. The van der Waals surface area contributed by atoms with Crippen LogP contribution in [0.25, 0.3) is 0 Å². The average Bonchev–Trinajstić information content (AvgIpc) is 2.67.